The Kier molecular flexibility index (Phi) is 3.98. The first-order valence-electron chi connectivity index (χ1n) is 11.8. The van der Waals surface area contributed by atoms with Crippen LogP contribution in [0.15, 0.2) is 0 Å². The minimum atomic E-state index is -2.78. The van der Waals surface area contributed by atoms with Crippen LogP contribution in [0.4, 0.5) is 0 Å². The summed E-state index contributed by atoms with van der Waals surface area (Å²) in [5.74, 6) is 1.14. The fourth-order valence-corrected chi connectivity index (χ4v) is 5.33. The minimum absolute atomic E-state index is 0.0800. The SMILES string of the molecule is [2H]C([2H])([2H])C(CCC[C@@H](C)[C@H]1CCC[C@H]2C(O)CCC[C@]12C)(OS)C([2H])([2H])[2H]. The molecule has 130 valence electrons. The Bertz CT molecular complexity index is 510. The van der Waals surface area contributed by atoms with Gasteiger partial charge in [0.2, 0.25) is 0 Å². The Morgan fingerprint density at radius 1 is 1.36 bits per heavy atom. The fraction of sp³-hybridized carbons (Fsp3) is 1.00. The van der Waals surface area contributed by atoms with Crippen molar-refractivity contribution in [3.05, 3.63) is 0 Å². The molecule has 0 aliphatic heterocycles. The number of aliphatic hydroxyl groups excluding tert-OH is 1. The molecular formula is C19H36O2S. The first-order valence-corrected chi connectivity index (χ1v) is 9.17. The Morgan fingerprint density at radius 2 is 2.14 bits per heavy atom. The van der Waals surface area contributed by atoms with Crippen molar-refractivity contribution in [2.24, 2.45) is 23.2 Å². The molecule has 0 bridgehead atoms. The molecular weight excluding hydrogens is 292 g/mol. The van der Waals surface area contributed by atoms with Crippen molar-refractivity contribution in [3.63, 3.8) is 0 Å². The summed E-state index contributed by atoms with van der Waals surface area (Å²) >= 11 is 3.65. The van der Waals surface area contributed by atoms with Gasteiger partial charge < -0.3 is 9.29 Å². The summed E-state index contributed by atoms with van der Waals surface area (Å²) in [6, 6.07) is 0. The van der Waals surface area contributed by atoms with Gasteiger partial charge >= 0.3 is 0 Å². The van der Waals surface area contributed by atoms with Gasteiger partial charge in [-0.05, 0) is 81.9 Å². The number of fused-ring (bicyclic) bond motifs is 1. The van der Waals surface area contributed by atoms with Gasteiger partial charge in [-0.1, -0.05) is 39.5 Å². The third-order valence-electron chi connectivity index (χ3n) is 6.44. The van der Waals surface area contributed by atoms with Gasteiger partial charge in [-0.2, -0.15) is 0 Å². The van der Waals surface area contributed by atoms with Crippen molar-refractivity contribution < 1.29 is 17.5 Å². The van der Waals surface area contributed by atoms with Crippen LogP contribution >= 0.6 is 12.9 Å². The van der Waals surface area contributed by atoms with Crippen LogP contribution in [-0.4, -0.2) is 16.8 Å². The summed E-state index contributed by atoms with van der Waals surface area (Å²) in [6.07, 6.45) is 7.27. The number of thiol groups is 1. The van der Waals surface area contributed by atoms with Gasteiger partial charge in [0.25, 0.3) is 0 Å². The van der Waals surface area contributed by atoms with E-state index in [9.17, 15) is 5.11 Å². The highest BCUT2D eigenvalue weighted by atomic mass is 32.1. The Hall–Kier alpha value is 0.270. The molecule has 2 rings (SSSR count). The van der Waals surface area contributed by atoms with E-state index in [0.29, 0.717) is 24.2 Å². The maximum atomic E-state index is 10.5. The van der Waals surface area contributed by atoms with Gasteiger partial charge in [0.05, 0.1) is 11.7 Å². The van der Waals surface area contributed by atoms with Crippen LogP contribution in [0.2, 0.25) is 0 Å². The molecule has 0 saturated heterocycles. The highest BCUT2D eigenvalue weighted by molar-refractivity contribution is 7.75. The molecule has 3 heteroatoms. The van der Waals surface area contributed by atoms with E-state index in [0.717, 1.165) is 44.9 Å². The first-order chi connectivity index (χ1) is 12.8. The number of rotatable bonds is 6. The van der Waals surface area contributed by atoms with Crippen molar-refractivity contribution in [3.8, 4) is 0 Å². The van der Waals surface area contributed by atoms with Crippen LogP contribution in [-0.2, 0) is 4.18 Å². The monoisotopic (exact) mass is 334 g/mol. The third kappa shape index (κ3) is 4.02. The van der Waals surface area contributed by atoms with E-state index in [2.05, 4.69) is 26.8 Å². The van der Waals surface area contributed by atoms with Gasteiger partial charge in [-0.25, -0.2) is 0 Å². The molecule has 0 spiro atoms. The van der Waals surface area contributed by atoms with Gasteiger partial charge in [0.15, 0.2) is 0 Å². The first kappa shape index (κ1) is 11.8. The zero-order valence-electron chi connectivity index (χ0n) is 20.0. The molecule has 0 radical (unpaired) electrons. The molecule has 2 fully saturated rings. The largest absolute Gasteiger partial charge is 0.393 e. The van der Waals surface area contributed by atoms with E-state index >= 15 is 0 Å². The number of hydrogen-bond donors (Lipinski definition) is 2. The highest BCUT2D eigenvalue weighted by Gasteiger charge is 2.49. The Balaban J connectivity index is 2.07. The van der Waals surface area contributed by atoms with Crippen LogP contribution in [0.3, 0.4) is 0 Å². The molecule has 0 aromatic rings. The second-order valence-electron chi connectivity index (χ2n) is 7.90. The lowest BCUT2D eigenvalue weighted by Crippen LogP contribution is -2.49. The predicted octanol–water partition coefficient (Wildman–Crippen LogP) is 5.40. The molecule has 0 aromatic carbocycles. The summed E-state index contributed by atoms with van der Waals surface area (Å²) in [6.45, 7) is -1.06. The van der Waals surface area contributed by atoms with Gasteiger partial charge in [-0.3, -0.25) is 0 Å². The van der Waals surface area contributed by atoms with Crippen LogP contribution < -0.4 is 0 Å². The van der Waals surface area contributed by atoms with E-state index < -0.39 is 19.3 Å². The van der Waals surface area contributed by atoms with Crippen molar-refractivity contribution in [1.29, 1.82) is 0 Å². The minimum Gasteiger partial charge on any atom is -0.393 e. The normalized spacial score (nSPS) is 42.8. The summed E-state index contributed by atoms with van der Waals surface area (Å²) in [4.78, 5) is 0. The average molecular weight is 335 g/mol. The molecule has 5 atom stereocenters. The fourth-order valence-electron chi connectivity index (χ4n) is 5.24. The molecule has 0 amide bonds. The van der Waals surface area contributed by atoms with E-state index in [1.54, 1.807) is 0 Å². The van der Waals surface area contributed by atoms with Crippen LogP contribution in [0.1, 0.15) is 93.6 Å². The van der Waals surface area contributed by atoms with Crippen molar-refractivity contribution in [1.82, 2.24) is 0 Å². The van der Waals surface area contributed by atoms with Crippen molar-refractivity contribution in [2.75, 3.05) is 0 Å². The van der Waals surface area contributed by atoms with Gasteiger partial charge in [0.1, 0.15) is 0 Å². The zero-order valence-corrected chi connectivity index (χ0v) is 14.9. The topological polar surface area (TPSA) is 29.5 Å². The average Bonchev–Trinajstić information content (AvgIpc) is 2.55. The molecule has 22 heavy (non-hydrogen) atoms. The number of hydrogen-bond acceptors (Lipinski definition) is 3. The van der Waals surface area contributed by atoms with Crippen molar-refractivity contribution >= 4 is 12.9 Å². The molecule has 2 saturated carbocycles. The second kappa shape index (κ2) is 7.44. The Morgan fingerprint density at radius 3 is 2.82 bits per heavy atom. The summed E-state index contributed by atoms with van der Waals surface area (Å²) < 4.78 is 51.2. The second-order valence-corrected chi connectivity index (χ2v) is 8.08. The lowest BCUT2D eigenvalue weighted by Gasteiger charge is -2.54. The van der Waals surface area contributed by atoms with E-state index in [4.69, 9.17) is 12.4 Å². The number of aliphatic hydroxyl groups is 1. The standard InChI is InChI=1S/C19H36O2S/c1-14(8-6-12-18(2,3)21-22)15-9-5-10-16-17(20)11-7-13-19(15,16)4/h14-17,20,22H,5-13H2,1-4H3/t14-,15-,16+,17?,19-/m1/s1/i2D3,3D3. The molecule has 1 N–H and O–H groups in total. The molecule has 2 aliphatic rings. The van der Waals surface area contributed by atoms with Crippen molar-refractivity contribution in [2.45, 2.75) is 97.0 Å². The van der Waals surface area contributed by atoms with Crippen LogP contribution in [0.5, 0.6) is 0 Å². The smallest absolute Gasteiger partial charge is 0.0769 e. The summed E-state index contributed by atoms with van der Waals surface area (Å²) in [7, 11) is 0. The predicted molar refractivity (Wildman–Crippen MR) is 96.0 cm³/mol. The molecule has 0 heterocycles. The van der Waals surface area contributed by atoms with E-state index in [-0.39, 0.29) is 17.9 Å². The molecule has 2 aliphatic carbocycles. The quantitative estimate of drug-likeness (QED) is 0.503. The van der Waals surface area contributed by atoms with Crippen LogP contribution in [0.25, 0.3) is 0 Å². The molecule has 2 nitrogen and oxygen atoms in total. The lowest BCUT2D eigenvalue weighted by molar-refractivity contribution is -0.0929. The zero-order chi connectivity index (χ0) is 21.4. The lowest BCUT2D eigenvalue weighted by atomic mass is 9.52. The highest BCUT2D eigenvalue weighted by Crippen LogP contribution is 2.56. The summed E-state index contributed by atoms with van der Waals surface area (Å²) in [5, 5.41) is 10.5. The molecule has 0 aromatic heterocycles. The van der Waals surface area contributed by atoms with Gasteiger partial charge in [0, 0.05) is 8.22 Å². The summed E-state index contributed by atoms with van der Waals surface area (Å²) in [5.41, 5.74) is -2.14. The maximum Gasteiger partial charge on any atom is 0.0769 e. The van der Waals surface area contributed by atoms with E-state index in [1.807, 2.05) is 0 Å². The maximum absolute atomic E-state index is 10.5. The van der Waals surface area contributed by atoms with E-state index in [1.165, 1.54) is 0 Å². The Labute approximate surface area is 151 Å². The third-order valence-corrected chi connectivity index (χ3v) is 6.75. The van der Waals surface area contributed by atoms with Crippen LogP contribution in [0, 0.1) is 23.2 Å². The molecule has 1 unspecified atom stereocenters. The van der Waals surface area contributed by atoms with Gasteiger partial charge in [-0.15, -0.1) is 0 Å².